The van der Waals surface area contributed by atoms with E-state index in [4.69, 9.17) is 31.2 Å². The number of thioether (sulfide) groups is 1. The molecular weight excluding hydrogens is 536 g/mol. The number of ether oxygens (including phenoxy) is 3. The van der Waals surface area contributed by atoms with Crippen molar-refractivity contribution in [1.29, 1.82) is 5.41 Å². The number of carbonyl (C=O) groups is 1. The van der Waals surface area contributed by atoms with Gasteiger partial charge in [-0.05, 0) is 78.4 Å². The van der Waals surface area contributed by atoms with E-state index in [1.54, 1.807) is 18.2 Å². The zero-order valence-corrected chi connectivity index (χ0v) is 23.6. The molecule has 204 valence electrons. The molecule has 10 heteroatoms. The van der Waals surface area contributed by atoms with Crippen molar-refractivity contribution in [2.45, 2.75) is 51.4 Å². The summed E-state index contributed by atoms with van der Waals surface area (Å²) in [5.41, 5.74) is 2.09. The fourth-order valence-electron chi connectivity index (χ4n) is 4.88. The highest BCUT2D eigenvalue weighted by Crippen LogP contribution is 2.38. The van der Waals surface area contributed by atoms with Gasteiger partial charge in [0.25, 0.3) is 5.91 Å². The predicted molar refractivity (Wildman–Crippen MR) is 157 cm³/mol. The Balaban J connectivity index is 1.22. The van der Waals surface area contributed by atoms with Crippen LogP contribution in [0.25, 0.3) is 6.08 Å². The van der Waals surface area contributed by atoms with E-state index < -0.39 is 5.91 Å². The van der Waals surface area contributed by atoms with E-state index >= 15 is 0 Å². The first-order chi connectivity index (χ1) is 19.0. The smallest absolute Gasteiger partial charge is 0.283 e. The second-order valence-electron chi connectivity index (χ2n) is 9.50. The van der Waals surface area contributed by atoms with Crippen LogP contribution in [0, 0.1) is 5.41 Å². The summed E-state index contributed by atoms with van der Waals surface area (Å²) in [7, 11) is 1.52. The minimum atomic E-state index is -0.495. The quantitative estimate of drug-likeness (QED) is 0.262. The Hall–Kier alpha value is -3.30. The van der Waals surface area contributed by atoms with Crippen LogP contribution in [0.1, 0.15) is 62.5 Å². The average molecular weight is 567 g/mol. The standard InChI is InChI=1S/C29H31ClN4O4S/c1-3-25-33-34-27(31)22(28(35)32-29(34)39-25)15-18-16-23(30)26(24(17-18)36-2)38-14-13-37-21-11-9-20(10-12-21)19-7-5-4-6-8-19/h9-12,15-17,19,31H,3-8,13-14H2,1-2H3/b22-15+,31-27?. The molecule has 0 aromatic heterocycles. The number of halogens is 1. The number of hydrogen-bond donors (Lipinski definition) is 1. The van der Waals surface area contributed by atoms with Gasteiger partial charge in [-0.25, -0.2) is 0 Å². The number of amides is 1. The number of amidine groups is 2. The van der Waals surface area contributed by atoms with Crippen LogP contribution in [-0.4, -0.2) is 47.3 Å². The van der Waals surface area contributed by atoms with E-state index in [0.717, 1.165) is 10.8 Å². The number of benzene rings is 2. The number of aliphatic imine (C=N–C) groups is 1. The fourth-order valence-corrected chi connectivity index (χ4v) is 5.98. The molecule has 3 aliphatic rings. The van der Waals surface area contributed by atoms with Crippen LogP contribution in [0.15, 0.2) is 52.1 Å². The maximum atomic E-state index is 12.7. The third-order valence-corrected chi connectivity index (χ3v) is 8.25. The topological polar surface area (TPSA) is 96.6 Å². The molecule has 2 aliphatic heterocycles. The van der Waals surface area contributed by atoms with Crippen molar-refractivity contribution in [3.8, 4) is 17.2 Å². The Morgan fingerprint density at radius 2 is 1.87 bits per heavy atom. The summed E-state index contributed by atoms with van der Waals surface area (Å²) in [6, 6.07) is 11.7. The van der Waals surface area contributed by atoms with Crippen molar-refractivity contribution in [3.05, 3.63) is 58.1 Å². The van der Waals surface area contributed by atoms with Gasteiger partial charge < -0.3 is 14.2 Å². The van der Waals surface area contributed by atoms with Crippen LogP contribution in [0.5, 0.6) is 17.2 Å². The number of nitrogens with one attached hydrogen (secondary N) is 1. The molecule has 1 saturated carbocycles. The summed E-state index contributed by atoms with van der Waals surface area (Å²) in [4.78, 5) is 16.7. The van der Waals surface area contributed by atoms with Gasteiger partial charge in [0, 0.05) is 0 Å². The fraction of sp³-hybridized carbons (Fsp3) is 0.379. The lowest BCUT2D eigenvalue weighted by Gasteiger charge is -2.22. The number of nitrogens with zero attached hydrogens (tertiary/aromatic N) is 3. The molecule has 1 amide bonds. The molecule has 8 nitrogen and oxygen atoms in total. The first-order valence-corrected chi connectivity index (χ1v) is 14.4. The second kappa shape index (κ2) is 12.3. The van der Waals surface area contributed by atoms with E-state index in [-0.39, 0.29) is 18.0 Å². The summed E-state index contributed by atoms with van der Waals surface area (Å²) in [6.45, 7) is 2.58. The lowest BCUT2D eigenvalue weighted by molar-refractivity contribution is -0.114. The second-order valence-corrected chi connectivity index (χ2v) is 11.0. The maximum Gasteiger partial charge on any atom is 0.283 e. The average Bonchev–Trinajstić information content (AvgIpc) is 3.38. The highest BCUT2D eigenvalue weighted by molar-refractivity contribution is 8.26. The van der Waals surface area contributed by atoms with Crippen molar-refractivity contribution in [2.75, 3.05) is 20.3 Å². The Morgan fingerprint density at radius 1 is 1.13 bits per heavy atom. The minimum absolute atomic E-state index is 0.0275. The molecular formula is C29H31ClN4O4S. The van der Waals surface area contributed by atoms with Crippen LogP contribution < -0.4 is 14.2 Å². The van der Waals surface area contributed by atoms with Crippen molar-refractivity contribution < 1.29 is 19.0 Å². The van der Waals surface area contributed by atoms with Gasteiger partial charge in [-0.1, -0.05) is 49.9 Å². The zero-order valence-electron chi connectivity index (χ0n) is 22.0. The summed E-state index contributed by atoms with van der Waals surface area (Å²) < 4.78 is 17.3. The molecule has 0 bridgehead atoms. The number of methoxy groups -OCH3 is 1. The predicted octanol–water partition coefficient (Wildman–Crippen LogP) is 6.88. The van der Waals surface area contributed by atoms with E-state index in [2.05, 4.69) is 22.2 Å². The molecule has 1 aliphatic carbocycles. The minimum Gasteiger partial charge on any atom is -0.493 e. The van der Waals surface area contributed by atoms with Gasteiger partial charge in [-0.15, -0.1) is 0 Å². The van der Waals surface area contributed by atoms with Crippen molar-refractivity contribution in [2.24, 2.45) is 10.1 Å². The molecule has 2 aromatic carbocycles. The molecule has 0 atom stereocenters. The van der Waals surface area contributed by atoms with E-state index in [9.17, 15) is 4.79 Å². The van der Waals surface area contributed by atoms with E-state index in [1.807, 2.05) is 19.1 Å². The first-order valence-electron chi connectivity index (χ1n) is 13.2. The summed E-state index contributed by atoms with van der Waals surface area (Å²) in [6.07, 6.45) is 8.78. The number of fused-ring (bicyclic) bond motifs is 1. The maximum absolute atomic E-state index is 12.7. The highest BCUT2D eigenvalue weighted by atomic mass is 35.5. The van der Waals surface area contributed by atoms with E-state index in [0.29, 0.717) is 46.2 Å². The number of hydrazone groups is 1. The first kappa shape index (κ1) is 27.3. The molecule has 0 radical (unpaired) electrons. The molecule has 0 spiro atoms. The van der Waals surface area contributed by atoms with Gasteiger partial charge in [-0.3, -0.25) is 10.2 Å². The molecule has 1 fully saturated rings. The van der Waals surface area contributed by atoms with Crippen molar-refractivity contribution >= 4 is 51.4 Å². The van der Waals surface area contributed by atoms with Crippen molar-refractivity contribution in [3.63, 3.8) is 0 Å². The Kier molecular flexibility index (Phi) is 8.57. The van der Waals surface area contributed by atoms with Gasteiger partial charge in [0.2, 0.25) is 5.17 Å². The Labute approximate surface area is 237 Å². The Bertz CT molecular complexity index is 1350. The molecule has 0 unspecified atom stereocenters. The van der Waals surface area contributed by atoms with Gasteiger partial charge in [0.15, 0.2) is 17.3 Å². The van der Waals surface area contributed by atoms with E-state index in [1.165, 1.54) is 61.5 Å². The van der Waals surface area contributed by atoms with Crippen LogP contribution >= 0.6 is 23.4 Å². The third-order valence-electron chi connectivity index (χ3n) is 6.92. The SMILES string of the molecule is CCC1=NN2C(=N)/C(=C\c3cc(Cl)c(OCCOc4ccc(C5CCCCC5)cc4)c(OC)c3)C(=O)N=C2S1. The molecule has 2 aromatic rings. The van der Waals surface area contributed by atoms with Crippen molar-refractivity contribution in [1.82, 2.24) is 5.01 Å². The molecule has 1 N–H and O–H groups in total. The number of carbonyl (C=O) groups excluding carboxylic acids is 1. The largest absolute Gasteiger partial charge is 0.493 e. The van der Waals surface area contributed by atoms with Gasteiger partial charge in [0.1, 0.15) is 24.0 Å². The molecule has 5 rings (SSSR count). The monoisotopic (exact) mass is 566 g/mol. The van der Waals surface area contributed by atoms with Gasteiger partial charge in [-0.2, -0.15) is 15.1 Å². The van der Waals surface area contributed by atoms with Crippen LogP contribution in [0.2, 0.25) is 5.02 Å². The lowest BCUT2D eigenvalue weighted by Crippen LogP contribution is -2.35. The van der Waals surface area contributed by atoms with Crippen LogP contribution in [-0.2, 0) is 4.79 Å². The molecule has 0 saturated heterocycles. The number of rotatable bonds is 9. The normalized spacial score (nSPS) is 18.6. The zero-order chi connectivity index (χ0) is 27.4. The summed E-state index contributed by atoms with van der Waals surface area (Å²) in [5.74, 6) is 1.74. The van der Waals surface area contributed by atoms with Gasteiger partial charge in [0.05, 0.1) is 17.7 Å². The lowest BCUT2D eigenvalue weighted by atomic mass is 9.84. The Morgan fingerprint density at radius 3 is 2.59 bits per heavy atom. The summed E-state index contributed by atoms with van der Waals surface area (Å²) in [5, 5.41) is 15.8. The van der Waals surface area contributed by atoms with Gasteiger partial charge >= 0.3 is 0 Å². The summed E-state index contributed by atoms with van der Waals surface area (Å²) >= 11 is 7.85. The highest BCUT2D eigenvalue weighted by Gasteiger charge is 2.35. The van der Waals surface area contributed by atoms with Crippen LogP contribution in [0.4, 0.5) is 0 Å². The van der Waals surface area contributed by atoms with Crippen LogP contribution in [0.3, 0.4) is 0 Å². The number of hydrogen-bond acceptors (Lipinski definition) is 7. The molecule has 39 heavy (non-hydrogen) atoms. The molecule has 2 heterocycles. The third kappa shape index (κ3) is 6.15.